The number of phenols is 1. The number of hydrogen-bond acceptors (Lipinski definition) is 3. The van der Waals surface area contributed by atoms with E-state index < -0.39 is 0 Å². The Morgan fingerprint density at radius 2 is 2.05 bits per heavy atom. The van der Waals surface area contributed by atoms with Gasteiger partial charge in [0.2, 0.25) is 0 Å². The molecule has 0 bridgehead atoms. The van der Waals surface area contributed by atoms with Gasteiger partial charge in [-0.3, -0.25) is 4.90 Å². The number of aryl methyl sites for hydroxylation is 1. The Balaban J connectivity index is 1.58. The summed E-state index contributed by atoms with van der Waals surface area (Å²) in [7, 11) is 0. The van der Waals surface area contributed by atoms with Crippen LogP contribution in [0.15, 0.2) is 18.2 Å². The van der Waals surface area contributed by atoms with Gasteiger partial charge in [-0.25, -0.2) is 0 Å². The second-order valence-corrected chi connectivity index (χ2v) is 6.68. The maximum Gasteiger partial charge on any atom is 0.115 e. The number of likely N-dealkylation sites (tertiary alicyclic amines) is 1. The molecule has 2 aliphatic rings. The molecule has 0 spiro atoms. The van der Waals surface area contributed by atoms with E-state index in [2.05, 4.69) is 23.2 Å². The molecule has 1 aliphatic heterocycles. The molecule has 0 aromatic heterocycles. The van der Waals surface area contributed by atoms with Crippen molar-refractivity contribution >= 4 is 0 Å². The van der Waals surface area contributed by atoms with Crippen LogP contribution in [0.4, 0.5) is 0 Å². The van der Waals surface area contributed by atoms with Crippen LogP contribution in [-0.2, 0) is 6.42 Å². The standard InChI is InChI=1S/C18H28N2O/c1-14(20-10-3-2-4-11-20)13-19-18-7-5-6-15-12-16(21)8-9-17(15)18/h8-9,12,14,18-19,21H,2-7,10-11,13H2,1H3. The fraction of sp³-hybridized carbons (Fsp3) is 0.667. The maximum atomic E-state index is 9.64. The lowest BCUT2D eigenvalue weighted by Gasteiger charge is -2.34. The van der Waals surface area contributed by atoms with E-state index in [0.29, 0.717) is 17.8 Å². The first-order valence-corrected chi connectivity index (χ1v) is 8.53. The summed E-state index contributed by atoms with van der Waals surface area (Å²) in [6.45, 7) is 5.93. The second-order valence-electron chi connectivity index (χ2n) is 6.68. The Morgan fingerprint density at radius 3 is 2.86 bits per heavy atom. The van der Waals surface area contributed by atoms with Crippen molar-refractivity contribution in [1.29, 1.82) is 0 Å². The summed E-state index contributed by atoms with van der Waals surface area (Å²) in [4.78, 5) is 2.62. The summed E-state index contributed by atoms with van der Waals surface area (Å²) in [6.07, 6.45) is 7.64. The highest BCUT2D eigenvalue weighted by molar-refractivity contribution is 5.38. The topological polar surface area (TPSA) is 35.5 Å². The van der Waals surface area contributed by atoms with Gasteiger partial charge in [-0.05, 0) is 75.4 Å². The number of benzene rings is 1. The summed E-state index contributed by atoms with van der Waals surface area (Å²) in [5.41, 5.74) is 2.72. The van der Waals surface area contributed by atoms with E-state index in [1.54, 1.807) is 0 Å². The lowest BCUT2D eigenvalue weighted by atomic mass is 9.87. The molecule has 1 saturated heterocycles. The van der Waals surface area contributed by atoms with Gasteiger partial charge in [0.15, 0.2) is 0 Å². The minimum Gasteiger partial charge on any atom is -0.508 e. The van der Waals surface area contributed by atoms with E-state index in [0.717, 1.165) is 13.0 Å². The fourth-order valence-electron chi connectivity index (χ4n) is 3.81. The van der Waals surface area contributed by atoms with E-state index in [1.807, 2.05) is 12.1 Å². The maximum absolute atomic E-state index is 9.64. The molecule has 1 aromatic carbocycles. The highest BCUT2D eigenvalue weighted by Gasteiger charge is 2.22. The normalized spacial score (nSPS) is 24.5. The molecule has 2 atom stereocenters. The molecule has 1 aliphatic carbocycles. The molecule has 0 amide bonds. The third-order valence-electron chi connectivity index (χ3n) is 5.11. The van der Waals surface area contributed by atoms with Crippen molar-refractivity contribution in [3.05, 3.63) is 29.3 Å². The molecule has 3 heteroatoms. The number of hydrogen-bond donors (Lipinski definition) is 2. The van der Waals surface area contributed by atoms with Crippen LogP contribution in [0.25, 0.3) is 0 Å². The first kappa shape index (κ1) is 14.9. The number of fused-ring (bicyclic) bond motifs is 1. The van der Waals surface area contributed by atoms with Crippen molar-refractivity contribution in [3.63, 3.8) is 0 Å². The van der Waals surface area contributed by atoms with Gasteiger partial charge in [0.25, 0.3) is 0 Å². The minimum absolute atomic E-state index is 0.399. The highest BCUT2D eigenvalue weighted by atomic mass is 16.3. The summed E-state index contributed by atoms with van der Waals surface area (Å²) < 4.78 is 0. The van der Waals surface area contributed by atoms with Crippen LogP contribution in [0.5, 0.6) is 5.75 Å². The number of phenolic OH excluding ortho intramolecular Hbond substituents is 1. The summed E-state index contributed by atoms with van der Waals surface area (Å²) in [5.74, 6) is 0.399. The van der Waals surface area contributed by atoms with Gasteiger partial charge < -0.3 is 10.4 Å². The van der Waals surface area contributed by atoms with E-state index >= 15 is 0 Å². The first-order chi connectivity index (χ1) is 10.2. The molecule has 116 valence electrons. The monoisotopic (exact) mass is 288 g/mol. The van der Waals surface area contributed by atoms with E-state index in [9.17, 15) is 5.11 Å². The van der Waals surface area contributed by atoms with E-state index in [4.69, 9.17) is 0 Å². The van der Waals surface area contributed by atoms with Gasteiger partial charge in [-0.1, -0.05) is 12.5 Å². The van der Waals surface area contributed by atoms with Crippen molar-refractivity contribution in [2.75, 3.05) is 19.6 Å². The predicted molar refractivity (Wildman–Crippen MR) is 86.7 cm³/mol. The second kappa shape index (κ2) is 6.80. The zero-order valence-electron chi connectivity index (χ0n) is 13.1. The molecule has 3 nitrogen and oxygen atoms in total. The zero-order chi connectivity index (χ0) is 14.7. The predicted octanol–water partition coefficient (Wildman–Crippen LogP) is 3.23. The van der Waals surface area contributed by atoms with Gasteiger partial charge in [-0.15, -0.1) is 0 Å². The van der Waals surface area contributed by atoms with Crippen LogP contribution < -0.4 is 5.32 Å². The largest absolute Gasteiger partial charge is 0.508 e. The smallest absolute Gasteiger partial charge is 0.115 e. The van der Waals surface area contributed by atoms with Gasteiger partial charge in [0.05, 0.1) is 0 Å². The minimum atomic E-state index is 0.399. The lowest BCUT2D eigenvalue weighted by Crippen LogP contribution is -2.44. The molecule has 2 unspecified atom stereocenters. The first-order valence-electron chi connectivity index (χ1n) is 8.53. The number of rotatable bonds is 4. The van der Waals surface area contributed by atoms with E-state index in [-0.39, 0.29) is 0 Å². The third-order valence-corrected chi connectivity index (χ3v) is 5.11. The SMILES string of the molecule is CC(CNC1CCCc2cc(O)ccc21)N1CCCCC1. The zero-order valence-corrected chi connectivity index (χ0v) is 13.1. The quantitative estimate of drug-likeness (QED) is 0.893. The summed E-state index contributed by atoms with van der Waals surface area (Å²) in [6, 6.07) is 6.95. The number of piperidine rings is 1. The fourth-order valence-corrected chi connectivity index (χ4v) is 3.81. The Labute approximate surface area is 128 Å². The molecule has 1 heterocycles. The molecular formula is C18H28N2O. The number of aromatic hydroxyl groups is 1. The highest BCUT2D eigenvalue weighted by Crippen LogP contribution is 2.31. The molecule has 0 radical (unpaired) electrons. The van der Waals surface area contributed by atoms with Crippen LogP contribution in [0.3, 0.4) is 0 Å². The van der Waals surface area contributed by atoms with Crippen molar-refractivity contribution in [3.8, 4) is 5.75 Å². The van der Waals surface area contributed by atoms with Gasteiger partial charge >= 0.3 is 0 Å². The van der Waals surface area contributed by atoms with Crippen LogP contribution in [0.1, 0.15) is 56.2 Å². The number of nitrogens with one attached hydrogen (secondary N) is 1. The molecule has 1 fully saturated rings. The van der Waals surface area contributed by atoms with Crippen LogP contribution in [-0.4, -0.2) is 35.7 Å². The summed E-state index contributed by atoms with van der Waals surface area (Å²) in [5, 5.41) is 13.4. The van der Waals surface area contributed by atoms with Gasteiger partial charge in [0, 0.05) is 18.6 Å². The molecule has 21 heavy (non-hydrogen) atoms. The molecular weight excluding hydrogens is 260 g/mol. The molecule has 0 saturated carbocycles. The van der Waals surface area contributed by atoms with Crippen molar-refractivity contribution in [2.45, 2.75) is 57.5 Å². The Kier molecular flexibility index (Phi) is 4.81. The molecule has 3 rings (SSSR count). The van der Waals surface area contributed by atoms with E-state index in [1.165, 1.54) is 56.3 Å². The Bertz CT molecular complexity index is 468. The Hall–Kier alpha value is -1.06. The van der Waals surface area contributed by atoms with Crippen molar-refractivity contribution < 1.29 is 5.11 Å². The molecule has 1 aromatic rings. The third kappa shape index (κ3) is 3.58. The summed E-state index contributed by atoms with van der Waals surface area (Å²) >= 11 is 0. The van der Waals surface area contributed by atoms with Crippen LogP contribution >= 0.6 is 0 Å². The van der Waals surface area contributed by atoms with Crippen LogP contribution in [0, 0.1) is 0 Å². The Morgan fingerprint density at radius 1 is 1.24 bits per heavy atom. The van der Waals surface area contributed by atoms with Crippen molar-refractivity contribution in [1.82, 2.24) is 10.2 Å². The number of nitrogens with zero attached hydrogens (tertiary/aromatic N) is 1. The average Bonchev–Trinajstić information content (AvgIpc) is 2.53. The lowest BCUT2D eigenvalue weighted by molar-refractivity contribution is 0.167. The molecule has 2 N–H and O–H groups in total. The van der Waals surface area contributed by atoms with Crippen LogP contribution in [0.2, 0.25) is 0 Å². The average molecular weight is 288 g/mol. The van der Waals surface area contributed by atoms with Gasteiger partial charge in [-0.2, -0.15) is 0 Å². The van der Waals surface area contributed by atoms with Crippen molar-refractivity contribution in [2.24, 2.45) is 0 Å². The van der Waals surface area contributed by atoms with Gasteiger partial charge in [0.1, 0.15) is 5.75 Å².